The predicted molar refractivity (Wildman–Crippen MR) is 84.3 cm³/mol. The second kappa shape index (κ2) is 4.54. The summed E-state index contributed by atoms with van der Waals surface area (Å²) in [6.07, 6.45) is 0. The van der Waals surface area contributed by atoms with Gasteiger partial charge in [-0.2, -0.15) is 0 Å². The second-order valence-electron chi connectivity index (χ2n) is 5.55. The van der Waals surface area contributed by atoms with Gasteiger partial charge in [0.25, 0.3) is 0 Å². The summed E-state index contributed by atoms with van der Waals surface area (Å²) in [6, 6.07) is 6.19. The first kappa shape index (κ1) is 13.3. The second-order valence-corrected chi connectivity index (χ2v) is 9.58. The number of aromatic nitrogens is 1. The van der Waals surface area contributed by atoms with Gasteiger partial charge in [-0.25, -0.2) is 0 Å². The summed E-state index contributed by atoms with van der Waals surface area (Å²) >= 11 is 5.24. The zero-order chi connectivity index (χ0) is 13.9. The number of thioether (sulfide) groups is 1. The van der Waals surface area contributed by atoms with Crippen molar-refractivity contribution in [1.29, 1.82) is 0 Å². The molecule has 2 unspecified atom stereocenters. The molecule has 104 valence electrons. The Hall–Kier alpha value is -0.421. The summed E-state index contributed by atoms with van der Waals surface area (Å²) in [5.74, 6) is 2.25. The molecule has 1 aromatic carbocycles. The SMILES string of the molecule is CC12COc3ccc(Br)cc3C1c1[se]c(=O)[nH]c1SC2. The van der Waals surface area contributed by atoms with Gasteiger partial charge >= 0.3 is 135 Å². The van der Waals surface area contributed by atoms with Crippen molar-refractivity contribution in [2.45, 2.75) is 17.9 Å². The Morgan fingerprint density at radius 2 is 2.40 bits per heavy atom. The third kappa shape index (κ3) is 1.89. The topological polar surface area (TPSA) is 42.1 Å². The number of aromatic amines is 1. The summed E-state index contributed by atoms with van der Waals surface area (Å²) < 4.78 is 8.53. The molecule has 2 aromatic rings. The molecule has 3 heterocycles. The molecule has 0 fully saturated rings. The van der Waals surface area contributed by atoms with Gasteiger partial charge in [0.05, 0.1) is 0 Å². The first-order valence-corrected chi connectivity index (χ1v) is 9.84. The zero-order valence-corrected chi connectivity index (χ0v) is 14.9. The molecule has 2 aliphatic heterocycles. The van der Waals surface area contributed by atoms with Crippen LogP contribution in [0.25, 0.3) is 0 Å². The maximum atomic E-state index is 11.8. The molecular weight excluding hydrogens is 405 g/mol. The van der Waals surface area contributed by atoms with E-state index in [1.807, 2.05) is 12.1 Å². The molecule has 1 aromatic heterocycles. The Morgan fingerprint density at radius 3 is 3.25 bits per heavy atom. The van der Waals surface area contributed by atoms with E-state index in [0.29, 0.717) is 5.92 Å². The summed E-state index contributed by atoms with van der Waals surface area (Å²) in [5, 5.41) is 1.10. The van der Waals surface area contributed by atoms with Gasteiger partial charge in [-0.3, -0.25) is 0 Å². The number of nitrogens with one attached hydrogen (secondary N) is 1. The quantitative estimate of drug-likeness (QED) is 0.671. The van der Waals surface area contributed by atoms with Crippen LogP contribution in [0.5, 0.6) is 5.75 Å². The van der Waals surface area contributed by atoms with Crippen LogP contribution in [0.4, 0.5) is 0 Å². The number of hydrogen-bond acceptors (Lipinski definition) is 3. The van der Waals surface area contributed by atoms with Gasteiger partial charge in [-0.1, -0.05) is 0 Å². The van der Waals surface area contributed by atoms with Crippen molar-refractivity contribution in [3.8, 4) is 5.75 Å². The minimum absolute atomic E-state index is 0.0747. The molecule has 20 heavy (non-hydrogen) atoms. The zero-order valence-electron chi connectivity index (χ0n) is 10.7. The molecule has 0 bridgehead atoms. The van der Waals surface area contributed by atoms with E-state index in [9.17, 15) is 4.79 Å². The normalized spacial score (nSPS) is 27.2. The Balaban J connectivity index is 1.98. The number of hydrogen-bond donors (Lipinski definition) is 1. The number of H-pyrrole nitrogens is 1. The van der Waals surface area contributed by atoms with Crippen molar-refractivity contribution in [2.75, 3.05) is 12.4 Å². The Bertz CT molecular complexity index is 756. The third-order valence-electron chi connectivity index (χ3n) is 3.99. The van der Waals surface area contributed by atoms with Crippen molar-refractivity contribution in [3.63, 3.8) is 0 Å². The molecule has 0 amide bonds. The van der Waals surface area contributed by atoms with Crippen LogP contribution >= 0.6 is 27.7 Å². The van der Waals surface area contributed by atoms with E-state index in [1.165, 1.54) is 10.0 Å². The van der Waals surface area contributed by atoms with E-state index in [2.05, 4.69) is 33.9 Å². The minimum atomic E-state index is -0.0917. The summed E-state index contributed by atoms with van der Waals surface area (Å²) in [7, 11) is 0. The molecule has 0 spiro atoms. The molecule has 0 radical (unpaired) electrons. The van der Waals surface area contributed by atoms with E-state index in [-0.39, 0.29) is 24.4 Å². The van der Waals surface area contributed by atoms with Crippen LogP contribution in [-0.4, -0.2) is 31.8 Å². The molecular formula is C14H12BrNO2SSe. The molecule has 6 heteroatoms. The average molecular weight is 417 g/mol. The van der Waals surface area contributed by atoms with Crippen LogP contribution in [0.15, 0.2) is 32.5 Å². The van der Waals surface area contributed by atoms with E-state index in [0.717, 1.165) is 27.6 Å². The first-order valence-electron chi connectivity index (χ1n) is 6.35. The maximum absolute atomic E-state index is 11.8. The monoisotopic (exact) mass is 417 g/mol. The van der Waals surface area contributed by atoms with Gasteiger partial charge in [-0.15, -0.1) is 0 Å². The van der Waals surface area contributed by atoms with Crippen molar-refractivity contribution in [3.05, 3.63) is 41.9 Å². The standard InChI is InChI=1S/C14H12BrNO2SSe/c1-14-5-18-9-3-2-7(15)4-8(9)10(14)11-12(19-6-14)16-13(17)20-11/h2-4,10H,5-6H2,1H3,(H,16,17). The van der Waals surface area contributed by atoms with Crippen molar-refractivity contribution >= 4 is 42.2 Å². The molecule has 2 aliphatic rings. The summed E-state index contributed by atoms with van der Waals surface area (Å²) in [6.45, 7) is 3.00. The predicted octanol–water partition coefficient (Wildman–Crippen LogP) is 2.83. The molecule has 4 rings (SSSR count). The Kier molecular flexibility index (Phi) is 3.01. The van der Waals surface area contributed by atoms with Gasteiger partial charge in [-0.05, 0) is 0 Å². The Morgan fingerprint density at radius 1 is 1.55 bits per heavy atom. The third-order valence-corrected chi connectivity index (χ3v) is 8.17. The fourth-order valence-electron chi connectivity index (χ4n) is 3.02. The fourth-order valence-corrected chi connectivity index (χ4v) is 7.43. The van der Waals surface area contributed by atoms with E-state index in [4.69, 9.17) is 4.74 Å². The van der Waals surface area contributed by atoms with Gasteiger partial charge < -0.3 is 0 Å². The molecule has 3 nitrogen and oxygen atoms in total. The van der Waals surface area contributed by atoms with Crippen molar-refractivity contribution < 1.29 is 4.74 Å². The van der Waals surface area contributed by atoms with Gasteiger partial charge in [0.2, 0.25) is 0 Å². The van der Waals surface area contributed by atoms with E-state index in [1.54, 1.807) is 11.8 Å². The van der Waals surface area contributed by atoms with Crippen LogP contribution in [0.2, 0.25) is 0 Å². The molecule has 2 atom stereocenters. The number of ether oxygens (including phenoxy) is 1. The van der Waals surface area contributed by atoms with Crippen LogP contribution in [0.3, 0.4) is 0 Å². The average Bonchev–Trinajstić information content (AvgIpc) is 2.78. The number of halogens is 1. The van der Waals surface area contributed by atoms with Crippen LogP contribution in [0, 0.1) is 5.41 Å². The molecule has 0 aliphatic carbocycles. The van der Waals surface area contributed by atoms with Crippen LogP contribution in [-0.2, 0) is 0 Å². The summed E-state index contributed by atoms with van der Waals surface area (Å²) in [5.41, 5.74) is 1.30. The fraction of sp³-hybridized carbons (Fsp3) is 0.357. The van der Waals surface area contributed by atoms with E-state index >= 15 is 0 Å². The van der Waals surface area contributed by atoms with Crippen molar-refractivity contribution in [1.82, 2.24) is 4.98 Å². The van der Waals surface area contributed by atoms with Crippen LogP contribution < -0.4 is 9.17 Å². The number of fused-ring (bicyclic) bond motifs is 5. The van der Waals surface area contributed by atoms with Gasteiger partial charge in [0, 0.05) is 0 Å². The molecule has 1 N–H and O–H groups in total. The van der Waals surface area contributed by atoms with E-state index < -0.39 is 0 Å². The molecule has 0 saturated heterocycles. The number of rotatable bonds is 0. The van der Waals surface area contributed by atoms with Crippen LogP contribution in [0.1, 0.15) is 22.8 Å². The summed E-state index contributed by atoms with van der Waals surface area (Å²) in [4.78, 5) is 14.8. The van der Waals surface area contributed by atoms with Crippen molar-refractivity contribution in [2.24, 2.45) is 5.41 Å². The molecule has 0 saturated carbocycles. The first-order chi connectivity index (χ1) is 9.57. The van der Waals surface area contributed by atoms with Gasteiger partial charge in [0.1, 0.15) is 0 Å². The number of benzene rings is 1. The Labute approximate surface area is 135 Å². The van der Waals surface area contributed by atoms with Gasteiger partial charge in [0.15, 0.2) is 0 Å².